The van der Waals surface area contributed by atoms with Gasteiger partial charge in [0, 0.05) is 36.5 Å². The minimum atomic E-state index is -1.10. The van der Waals surface area contributed by atoms with Crippen molar-refractivity contribution in [3.05, 3.63) is 48.0 Å². The lowest BCUT2D eigenvalue weighted by Crippen LogP contribution is -2.06. The van der Waals surface area contributed by atoms with Gasteiger partial charge in [0.1, 0.15) is 5.82 Å². The van der Waals surface area contributed by atoms with Crippen LogP contribution in [0.15, 0.2) is 41.6 Å². The summed E-state index contributed by atoms with van der Waals surface area (Å²) in [7, 11) is 0.811. The Bertz CT molecular complexity index is 620. The predicted molar refractivity (Wildman–Crippen MR) is 76.0 cm³/mol. The highest BCUT2D eigenvalue weighted by Crippen LogP contribution is 2.11. The number of carboxylic acids is 1. The Kier molecular flexibility index (Phi) is 4.68. The molecule has 0 aliphatic carbocycles. The predicted octanol–water partition coefficient (Wildman–Crippen LogP) is 1.40. The molecule has 0 fully saturated rings. The van der Waals surface area contributed by atoms with E-state index in [9.17, 15) is 9.00 Å². The Morgan fingerprint density at radius 2 is 2.05 bits per heavy atom. The van der Waals surface area contributed by atoms with Crippen LogP contribution >= 0.6 is 0 Å². The zero-order valence-electron chi connectivity index (χ0n) is 11.2. The first-order chi connectivity index (χ1) is 9.56. The van der Waals surface area contributed by atoms with E-state index in [0.29, 0.717) is 22.6 Å². The van der Waals surface area contributed by atoms with Gasteiger partial charge in [-0.15, -0.1) is 0 Å². The van der Waals surface area contributed by atoms with Gasteiger partial charge in [-0.2, -0.15) is 0 Å². The number of nitrogens with zero attached hydrogens (tertiary/aromatic N) is 2. The second-order valence-corrected chi connectivity index (χ2v) is 6.04. The van der Waals surface area contributed by atoms with Crippen LogP contribution in [0, 0.1) is 0 Å². The van der Waals surface area contributed by atoms with E-state index in [1.807, 2.05) is 17.8 Å². The molecular formula is C14H16N2O3S. The molecule has 106 valence electrons. The van der Waals surface area contributed by atoms with E-state index >= 15 is 0 Å². The van der Waals surface area contributed by atoms with Gasteiger partial charge < -0.3 is 9.67 Å². The molecular weight excluding hydrogens is 276 g/mol. The monoisotopic (exact) mass is 292 g/mol. The van der Waals surface area contributed by atoms with Crippen molar-refractivity contribution < 1.29 is 14.1 Å². The summed E-state index contributed by atoms with van der Waals surface area (Å²) >= 11 is 0. The third-order valence-electron chi connectivity index (χ3n) is 2.97. The number of rotatable bonds is 6. The van der Waals surface area contributed by atoms with Crippen molar-refractivity contribution in [3.63, 3.8) is 0 Å². The highest BCUT2D eigenvalue weighted by molar-refractivity contribution is 7.85. The fraction of sp³-hybridized carbons (Fsp3) is 0.286. The van der Waals surface area contributed by atoms with Gasteiger partial charge in [-0.1, -0.05) is 12.1 Å². The number of imidazole rings is 1. The van der Waals surface area contributed by atoms with Crippen LogP contribution in [0.3, 0.4) is 0 Å². The maximum Gasteiger partial charge on any atom is 0.307 e. The Morgan fingerprint density at radius 1 is 1.35 bits per heavy atom. The molecule has 2 rings (SSSR count). The third kappa shape index (κ3) is 3.77. The third-order valence-corrected chi connectivity index (χ3v) is 4.35. The molecule has 5 nitrogen and oxygen atoms in total. The topological polar surface area (TPSA) is 72.2 Å². The molecule has 0 spiro atoms. The molecule has 0 aliphatic rings. The lowest BCUT2D eigenvalue weighted by Gasteiger charge is -2.04. The highest BCUT2D eigenvalue weighted by Gasteiger charge is 2.07. The first-order valence-corrected chi connectivity index (χ1v) is 7.53. The summed E-state index contributed by atoms with van der Waals surface area (Å²) in [6.45, 7) is 0. The van der Waals surface area contributed by atoms with Gasteiger partial charge in [-0.25, -0.2) is 4.98 Å². The van der Waals surface area contributed by atoms with E-state index in [1.54, 1.807) is 30.5 Å². The lowest BCUT2D eigenvalue weighted by atomic mass is 10.2. The molecule has 1 atom stereocenters. The van der Waals surface area contributed by atoms with Crippen molar-refractivity contribution in [1.29, 1.82) is 0 Å². The summed E-state index contributed by atoms with van der Waals surface area (Å²) in [6, 6.07) is 6.88. The standard InChI is InChI=1S/C14H16N2O3S/c1-16-8-7-15-13(16)6-9-20(19)12-4-2-11(3-5-12)10-14(17)18/h2-5,7-8H,6,9-10H2,1H3,(H,17,18). The summed E-state index contributed by atoms with van der Waals surface area (Å²) in [5.74, 6) is 0.540. The van der Waals surface area contributed by atoms with Crippen LogP contribution in [0.5, 0.6) is 0 Å². The number of benzene rings is 1. The van der Waals surface area contributed by atoms with E-state index in [-0.39, 0.29) is 6.42 Å². The van der Waals surface area contributed by atoms with Crippen LogP contribution in [0.4, 0.5) is 0 Å². The molecule has 0 saturated heterocycles. The van der Waals surface area contributed by atoms with Crippen molar-refractivity contribution in [2.75, 3.05) is 5.75 Å². The van der Waals surface area contributed by atoms with Gasteiger partial charge in [0.25, 0.3) is 0 Å². The van der Waals surface area contributed by atoms with E-state index in [4.69, 9.17) is 5.11 Å². The number of aromatic nitrogens is 2. The molecule has 6 heteroatoms. The van der Waals surface area contributed by atoms with Crippen molar-refractivity contribution in [2.24, 2.45) is 7.05 Å². The van der Waals surface area contributed by atoms with Gasteiger partial charge in [-0.05, 0) is 17.7 Å². The number of carbonyl (C=O) groups is 1. The molecule has 0 aliphatic heterocycles. The number of hydrogen-bond donors (Lipinski definition) is 1. The summed E-state index contributed by atoms with van der Waals surface area (Å²) in [5, 5.41) is 8.69. The zero-order chi connectivity index (χ0) is 14.5. The average Bonchev–Trinajstić information content (AvgIpc) is 2.82. The molecule has 20 heavy (non-hydrogen) atoms. The van der Waals surface area contributed by atoms with Gasteiger partial charge in [0.2, 0.25) is 0 Å². The van der Waals surface area contributed by atoms with Gasteiger partial charge >= 0.3 is 5.97 Å². The number of carboxylic acid groups (broad SMARTS) is 1. The van der Waals surface area contributed by atoms with E-state index in [0.717, 1.165) is 5.82 Å². The van der Waals surface area contributed by atoms with Crippen LogP contribution in [0.25, 0.3) is 0 Å². The number of aryl methyl sites for hydroxylation is 2. The summed E-state index contributed by atoms with van der Waals surface area (Å²) in [4.78, 5) is 15.5. The second-order valence-electron chi connectivity index (χ2n) is 4.47. The maximum atomic E-state index is 12.1. The molecule has 0 amide bonds. The number of hydrogen-bond acceptors (Lipinski definition) is 3. The minimum absolute atomic E-state index is 0.0137. The Hall–Kier alpha value is -1.95. The van der Waals surface area contributed by atoms with E-state index in [1.165, 1.54) is 0 Å². The fourth-order valence-electron chi connectivity index (χ4n) is 1.87. The van der Waals surface area contributed by atoms with E-state index < -0.39 is 16.8 Å². The fourth-order valence-corrected chi connectivity index (χ4v) is 2.92. The maximum absolute atomic E-state index is 12.1. The zero-order valence-corrected chi connectivity index (χ0v) is 12.0. The van der Waals surface area contributed by atoms with Gasteiger partial charge in [0.05, 0.1) is 17.2 Å². The van der Waals surface area contributed by atoms with Crippen LogP contribution in [0.2, 0.25) is 0 Å². The molecule has 0 bridgehead atoms. The quantitative estimate of drug-likeness (QED) is 0.873. The molecule has 0 saturated carbocycles. The molecule has 1 unspecified atom stereocenters. The lowest BCUT2D eigenvalue weighted by molar-refractivity contribution is -0.136. The molecule has 0 radical (unpaired) electrons. The van der Waals surface area contributed by atoms with Crippen molar-refractivity contribution in [3.8, 4) is 0 Å². The Balaban J connectivity index is 1.95. The van der Waals surface area contributed by atoms with Crippen molar-refractivity contribution in [1.82, 2.24) is 9.55 Å². The van der Waals surface area contributed by atoms with E-state index in [2.05, 4.69) is 4.98 Å². The molecule has 1 N–H and O–H groups in total. The average molecular weight is 292 g/mol. The normalized spacial score (nSPS) is 12.2. The molecule has 1 aromatic carbocycles. The molecule has 1 aromatic heterocycles. The second kappa shape index (κ2) is 6.47. The Labute approximate surface area is 119 Å². The molecule has 2 aromatic rings. The first-order valence-electron chi connectivity index (χ1n) is 6.21. The van der Waals surface area contributed by atoms with Gasteiger partial charge in [0.15, 0.2) is 0 Å². The smallest absolute Gasteiger partial charge is 0.307 e. The number of aliphatic carboxylic acids is 1. The minimum Gasteiger partial charge on any atom is -0.481 e. The van der Waals surface area contributed by atoms with Crippen LogP contribution < -0.4 is 0 Å². The largest absolute Gasteiger partial charge is 0.481 e. The first kappa shape index (κ1) is 14.5. The summed E-state index contributed by atoms with van der Waals surface area (Å²) in [6.07, 6.45) is 4.21. The van der Waals surface area contributed by atoms with Gasteiger partial charge in [-0.3, -0.25) is 9.00 Å². The van der Waals surface area contributed by atoms with Crippen molar-refractivity contribution in [2.45, 2.75) is 17.7 Å². The SMILES string of the molecule is Cn1ccnc1CCS(=O)c1ccc(CC(=O)O)cc1. The van der Waals surface area contributed by atoms with Crippen LogP contribution in [0.1, 0.15) is 11.4 Å². The Morgan fingerprint density at radius 3 is 2.60 bits per heavy atom. The molecule has 1 heterocycles. The van der Waals surface area contributed by atoms with Crippen LogP contribution in [-0.2, 0) is 35.5 Å². The summed E-state index contributed by atoms with van der Waals surface area (Å²) in [5.41, 5.74) is 0.711. The van der Waals surface area contributed by atoms with Crippen molar-refractivity contribution >= 4 is 16.8 Å². The summed E-state index contributed by atoms with van der Waals surface area (Å²) < 4.78 is 14.1. The highest BCUT2D eigenvalue weighted by atomic mass is 32.2. The van der Waals surface area contributed by atoms with Crippen LogP contribution in [-0.4, -0.2) is 30.6 Å².